The van der Waals surface area contributed by atoms with Crippen molar-refractivity contribution in [3.05, 3.63) is 69.7 Å². The van der Waals surface area contributed by atoms with E-state index in [1.807, 2.05) is 24.3 Å². The van der Waals surface area contributed by atoms with Crippen LogP contribution in [0.2, 0.25) is 5.02 Å². The molecular weight excluding hydrogens is 426 g/mol. The Labute approximate surface area is 192 Å². The summed E-state index contributed by atoms with van der Waals surface area (Å²) < 4.78 is 0. The van der Waals surface area contributed by atoms with Gasteiger partial charge in [-0.1, -0.05) is 35.9 Å². The number of amides is 3. The first-order chi connectivity index (χ1) is 15.5. The summed E-state index contributed by atoms with van der Waals surface area (Å²) in [5.74, 6) is -0.276. The molecule has 3 aliphatic heterocycles. The van der Waals surface area contributed by atoms with Crippen LogP contribution in [0.3, 0.4) is 0 Å². The Bertz CT molecular complexity index is 1080. The number of halogens is 1. The topological polar surface area (TPSA) is 69.7 Å². The Kier molecular flexibility index (Phi) is 5.74. The standard InChI is InChI=1S/C25H26ClN3O3/c26-20-3-1-2-16(12-20)14-28-10-8-17(9-11-28)18-4-5-21-19(13-18)15-29(25(21)32)22-6-7-23(30)27-24(22)31/h1-5,12-13,17,22H,6-11,14-15H2,(H,27,30,31). The summed E-state index contributed by atoms with van der Waals surface area (Å²) in [7, 11) is 0. The first-order valence-electron chi connectivity index (χ1n) is 11.2. The van der Waals surface area contributed by atoms with Crippen LogP contribution in [0.1, 0.15) is 58.6 Å². The van der Waals surface area contributed by atoms with Gasteiger partial charge < -0.3 is 4.90 Å². The molecule has 1 N–H and O–H groups in total. The summed E-state index contributed by atoms with van der Waals surface area (Å²) in [6.45, 7) is 3.39. The first kappa shape index (κ1) is 21.2. The monoisotopic (exact) mass is 451 g/mol. The molecule has 0 spiro atoms. The van der Waals surface area contributed by atoms with Crippen molar-refractivity contribution in [2.75, 3.05) is 13.1 Å². The molecule has 0 radical (unpaired) electrons. The number of piperidine rings is 2. The van der Waals surface area contributed by atoms with Crippen LogP contribution in [0, 0.1) is 0 Å². The number of rotatable bonds is 4. The fraction of sp³-hybridized carbons (Fsp3) is 0.400. The quantitative estimate of drug-likeness (QED) is 0.722. The van der Waals surface area contributed by atoms with Gasteiger partial charge in [0, 0.05) is 30.1 Å². The van der Waals surface area contributed by atoms with Crippen LogP contribution in [0.15, 0.2) is 42.5 Å². The molecule has 5 rings (SSSR count). The number of carbonyl (C=O) groups is 3. The van der Waals surface area contributed by atoms with Crippen LogP contribution in [-0.2, 0) is 22.7 Å². The third kappa shape index (κ3) is 4.17. The molecule has 2 fully saturated rings. The molecule has 32 heavy (non-hydrogen) atoms. The molecule has 2 aromatic rings. The molecule has 3 heterocycles. The zero-order valence-corrected chi connectivity index (χ0v) is 18.6. The molecule has 3 aliphatic rings. The maximum Gasteiger partial charge on any atom is 0.255 e. The van der Waals surface area contributed by atoms with Crippen LogP contribution in [0.25, 0.3) is 0 Å². The smallest absolute Gasteiger partial charge is 0.255 e. The molecule has 3 amide bonds. The van der Waals surface area contributed by atoms with Crippen molar-refractivity contribution in [2.45, 2.75) is 50.7 Å². The SMILES string of the molecule is O=C1CCC(N2Cc3cc(C4CCN(Cc5cccc(Cl)c5)CC4)ccc3C2=O)C(=O)N1. The van der Waals surface area contributed by atoms with Gasteiger partial charge in [0.1, 0.15) is 6.04 Å². The van der Waals surface area contributed by atoms with Crippen LogP contribution in [0.4, 0.5) is 0 Å². The number of fused-ring (bicyclic) bond motifs is 1. The summed E-state index contributed by atoms with van der Waals surface area (Å²) >= 11 is 6.11. The first-order valence-corrected chi connectivity index (χ1v) is 11.6. The highest BCUT2D eigenvalue weighted by molar-refractivity contribution is 6.30. The summed E-state index contributed by atoms with van der Waals surface area (Å²) in [6, 6.07) is 13.6. The normalized spacial score (nSPS) is 22.2. The zero-order chi connectivity index (χ0) is 22.2. The van der Waals surface area contributed by atoms with Crippen molar-refractivity contribution in [3.8, 4) is 0 Å². The van der Waals surface area contributed by atoms with Gasteiger partial charge in [-0.25, -0.2) is 0 Å². The van der Waals surface area contributed by atoms with E-state index in [4.69, 9.17) is 11.6 Å². The summed E-state index contributed by atoms with van der Waals surface area (Å²) in [5, 5.41) is 3.13. The van der Waals surface area contributed by atoms with Crippen molar-refractivity contribution in [2.24, 2.45) is 0 Å². The fourth-order valence-electron chi connectivity index (χ4n) is 5.17. The number of likely N-dealkylation sites (tertiary alicyclic amines) is 1. The molecule has 0 saturated carbocycles. The highest BCUT2D eigenvalue weighted by atomic mass is 35.5. The lowest BCUT2D eigenvalue weighted by Crippen LogP contribution is -2.52. The lowest BCUT2D eigenvalue weighted by atomic mass is 9.87. The second-order valence-corrected chi connectivity index (χ2v) is 9.43. The summed E-state index contributed by atoms with van der Waals surface area (Å²) in [4.78, 5) is 40.7. The van der Waals surface area contributed by atoms with Crippen molar-refractivity contribution in [1.82, 2.24) is 15.1 Å². The van der Waals surface area contributed by atoms with E-state index in [9.17, 15) is 14.4 Å². The lowest BCUT2D eigenvalue weighted by Gasteiger charge is -2.32. The van der Waals surface area contributed by atoms with Gasteiger partial charge in [-0.3, -0.25) is 24.6 Å². The maximum absolute atomic E-state index is 12.9. The van der Waals surface area contributed by atoms with Crippen LogP contribution in [-0.4, -0.2) is 46.7 Å². The van der Waals surface area contributed by atoms with Crippen LogP contribution < -0.4 is 5.32 Å². The van der Waals surface area contributed by atoms with Crippen molar-refractivity contribution < 1.29 is 14.4 Å². The predicted molar refractivity (Wildman–Crippen MR) is 121 cm³/mol. The number of hydrogen-bond donors (Lipinski definition) is 1. The molecule has 6 nitrogen and oxygen atoms in total. The Morgan fingerprint density at radius 3 is 2.56 bits per heavy atom. The van der Waals surface area contributed by atoms with E-state index in [-0.39, 0.29) is 24.1 Å². The van der Waals surface area contributed by atoms with E-state index >= 15 is 0 Å². The minimum atomic E-state index is -0.564. The lowest BCUT2D eigenvalue weighted by molar-refractivity contribution is -0.136. The molecule has 7 heteroatoms. The molecule has 166 valence electrons. The Morgan fingerprint density at radius 2 is 1.81 bits per heavy atom. The van der Waals surface area contributed by atoms with Gasteiger partial charge in [-0.2, -0.15) is 0 Å². The van der Waals surface area contributed by atoms with Gasteiger partial charge >= 0.3 is 0 Å². The molecule has 1 atom stereocenters. The van der Waals surface area contributed by atoms with Gasteiger partial charge in [-0.05, 0) is 73.2 Å². The van der Waals surface area contributed by atoms with E-state index in [0.29, 0.717) is 24.4 Å². The fourth-order valence-corrected chi connectivity index (χ4v) is 5.38. The molecule has 1 unspecified atom stereocenters. The highest BCUT2D eigenvalue weighted by Gasteiger charge is 2.39. The third-order valence-corrected chi connectivity index (χ3v) is 7.14. The summed E-state index contributed by atoms with van der Waals surface area (Å²) in [5.41, 5.74) is 4.17. The average molecular weight is 452 g/mol. The predicted octanol–water partition coefficient (Wildman–Crippen LogP) is 3.48. The van der Waals surface area contributed by atoms with Crippen molar-refractivity contribution in [1.29, 1.82) is 0 Å². The number of carbonyl (C=O) groups excluding carboxylic acids is 3. The van der Waals surface area contributed by atoms with Crippen molar-refractivity contribution in [3.63, 3.8) is 0 Å². The summed E-state index contributed by atoms with van der Waals surface area (Å²) in [6.07, 6.45) is 2.81. The minimum Gasteiger partial charge on any atom is -0.322 e. The Balaban J connectivity index is 1.23. The molecule has 0 aromatic heterocycles. The van der Waals surface area contributed by atoms with Crippen LogP contribution >= 0.6 is 11.6 Å². The number of benzene rings is 2. The van der Waals surface area contributed by atoms with Gasteiger partial charge in [0.05, 0.1) is 0 Å². The number of nitrogens with one attached hydrogen (secondary N) is 1. The highest BCUT2D eigenvalue weighted by Crippen LogP contribution is 2.34. The number of nitrogens with zero attached hydrogens (tertiary/aromatic N) is 2. The second-order valence-electron chi connectivity index (χ2n) is 9.00. The molecule has 0 bridgehead atoms. The van der Waals surface area contributed by atoms with Gasteiger partial charge in [-0.15, -0.1) is 0 Å². The maximum atomic E-state index is 12.9. The molecular formula is C25H26ClN3O3. The Hall–Kier alpha value is -2.70. The number of imide groups is 1. The third-order valence-electron chi connectivity index (χ3n) is 6.90. The molecule has 2 saturated heterocycles. The van der Waals surface area contributed by atoms with Gasteiger partial charge in [0.2, 0.25) is 11.8 Å². The van der Waals surface area contributed by atoms with E-state index < -0.39 is 6.04 Å². The van der Waals surface area contributed by atoms with Crippen molar-refractivity contribution >= 4 is 29.3 Å². The second kappa shape index (κ2) is 8.68. The zero-order valence-electron chi connectivity index (χ0n) is 17.9. The molecule has 2 aromatic carbocycles. The van der Waals surface area contributed by atoms with Gasteiger partial charge in [0.15, 0.2) is 0 Å². The van der Waals surface area contributed by atoms with Crippen LogP contribution in [0.5, 0.6) is 0 Å². The van der Waals surface area contributed by atoms with E-state index in [0.717, 1.165) is 43.1 Å². The average Bonchev–Trinajstić information content (AvgIpc) is 3.10. The largest absolute Gasteiger partial charge is 0.322 e. The number of hydrogen-bond acceptors (Lipinski definition) is 4. The van der Waals surface area contributed by atoms with E-state index in [1.165, 1.54) is 11.1 Å². The van der Waals surface area contributed by atoms with E-state index in [2.05, 4.69) is 28.4 Å². The van der Waals surface area contributed by atoms with E-state index in [1.54, 1.807) is 4.90 Å². The molecule has 0 aliphatic carbocycles. The minimum absolute atomic E-state index is 0.114. The van der Waals surface area contributed by atoms with Gasteiger partial charge in [0.25, 0.3) is 5.91 Å². The Morgan fingerprint density at radius 1 is 1.00 bits per heavy atom.